The summed E-state index contributed by atoms with van der Waals surface area (Å²) in [6.45, 7) is -0.455. The molecule has 2 heterocycles. The molecular weight excluding hydrogens is 271 g/mol. The van der Waals surface area contributed by atoms with Crippen LogP contribution in [0.25, 0.3) is 0 Å². The van der Waals surface area contributed by atoms with Gasteiger partial charge in [-0.1, -0.05) is 6.07 Å². The number of aliphatic hydroxyl groups is 3. The van der Waals surface area contributed by atoms with Gasteiger partial charge < -0.3 is 30.1 Å². The monoisotopic (exact) mass is 288 g/mol. The second-order valence-electron chi connectivity index (χ2n) is 4.46. The van der Waals surface area contributed by atoms with E-state index in [1.807, 2.05) is 0 Å². The average Bonchev–Trinajstić information content (AvgIpc) is 2.44. The van der Waals surface area contributed by atoms with Crippen LogP contribution in [0.15, 0.2) is 18.2 Å². The van der Waals surface area contributed by atoms with Crippen LogP contribution in [0.2, 0.25) is 0 Å². The van der Waals surface area contributed by atoms with E-state index in [-0.39, 0.29) is 5.82 Å². The number of rotatable bonds is 4. The fourth-order valence-electron chi connectivity index (χ4n) is 2.10. The van der Waals surface area contributed by atoms with Gasteiger partial charge in [0.1, 0.15) is 30.2 Å². The van der Waals surface area contributed by atoms with Crippen molar-refractivity contribution in [1.29, 1.82) is 0 Å². The smallest absolute Gasteiger partial charge is 0.214 e. The van der Waals surface area contributed by atoms with Crippen molar-refractivity contribution >= 4 is 5.82 Å². The summed E-state index contributed by atoms with van der Waals surface area (Å²) in [6, 6.07) is 3.29. The Morgan fingerprint density at radius 1 is 1.40 bits per heavy atom. The Morgan fingerprint density at radius 2 is 2.15 bits per heavy atom. The van der Waals surface area contributed by atoms with Gasteiger partial charge in [0, 0.05) is 7.11 Å². The lowest BCUT2D eigenvalue weighted by Gasteiger charge is -2.41. The SMILES string of the molecule is COC1O[C@H](CO)[C@H](O)[C@H](O)[C@@H]1Nc1cccc(F)n1. The first-order chi connectivity index (χ1) is 9.56. The molecule has 0 aliphatic carbocycles. The summed E-state index contributed by atoms with van der Waals surface area (Å²) in [5, 5.41) is 31.7. The first-order valence-corrected chi connectivity index (χ1v) is 6.11. The van der Waals surface area contributed by atoms with Crippen LogP contribution >= 0.6 is 0 Å². The van der Waals surface area contributed by atoms with E-state index in [4.69, 9.17) is 14.6 Å². The molecule has 0 spiro atoms. The summed E-state index contributed by atoms with van der Waals surface area (Å²) in [6.07, 6.45) is -4.43. The van der Waals surface area contributed by atoms with Crippen LogP contribution in [0.4, 0.5) is 10.2 Å². The largest absolute Gasteiger partial charge is 0.394 e. The van der Waals surface area contributed by atoms with E-state index in [1.54, 1.807) is 0 Å². The molecule has 20 heavy (non-hydrogen) atoms. The van der Waals surface area contributed by atoms with Crippen LogP contribution in [0, 0.1) is 5.95 Å². The Bertz CT molecular complexity index is 448. The Balaban J connectivity index is 2.15. The van der Waals surface area contributed by atoms with Gasteiger partial charge in [0.15, 0.2) is 6.29 Å². The highest BCUT2D eigenvalue weighted by Gasteiger charge is 2.44. The second-order valence-corrected chi connectivity index (χ2v) is 4.46. The fraction of sp³-hybridized carbons (Fsp3) is 0.583. The minimum atomic E-state index is -1.29. The van der Waals surface area contributed by atoms with Gasteiger partial charge >= 0.3 is 0 Å². The van der Waals surface area contributed by atoms with Gasteiger partial charge in [-0.3, -0.25) is 0 Å². The van der Waals surface area contributed by atoms with E-state index in [1.165, 1.54) is 25.3 Å². The molecule has 2 rings (SSSR count). The number of methoxy groups -OCH3 is 1. The van der Waals surface area contributed by atoms with Crippen LogP contribution < -0.4 is 5.32 Å². The summed E-state index contributed by atoms with van der Waals surface area (Å²) in [5.74, 6) is -0.502. The lowest BCUT2D eigenvalue weighted by Crippen LogP contribution is -2.61. The minimum absolute atomic E-state index is 0.175. The highest BCUT2D eigenvalue weighted by Crippen LogP contribution is 2.24. The number of hydrogen-bond donors (Lipinski definition) is 4. The first-order valence-electron chi connectivity index (χ1n) is 6.11. The van der Waals surface area contributed by atoms with E-state index >= 15 is 0 Å². The third-order valence-corrected chi connectivity index (χ3v) is 3.14. The fourth-order valence-corrected chi connectivity index (χ4v) is 2.10. The highest BCUT2D eigenvalue weighted by atomic mass is 19.1. The summed E-state index contributed by atoms with van der Waals surface area (Å²) >= 11 is 0. The highest BCUT2D eigenvalue weighted by molar-refractivity contribution is 5.36. The molecule has 0 amide bonds. The molecule has 0 bridgehead atoms. The van der Waals surface area contributed by atoms with E-state index in [0.29, 0.717) is 0 Å². The third-order valence-electron chi connectivity index (χ3n) is 3.14. The van der Waals surface area contributed by atoms with Crippen molar-refractivity contribution in [3.63, 3.8) is 0 Å². The van der Waals surface area contributed by atoms with Crippen molar-refractivity contribution in [1.82, 2.24) is 4.98 Å². The number of halogens is 1. The van der Waals surface area contributed by atoms with Crippen molar-refractivity contribution in [3.8, 4) is 0 Å². The van der Waals surface area contributed by atoms with Gasteiger partial charge in [-0.15, -0.1) is 0 Å². The molecule has 1 fully saturated rings. The Morgan fingerprint density at radius 3 is 2.75 bits per heavy atom. The molecule has 1 aromatic heterocycles. The van der Waals surface area contributed by atoms with Gasteiger partial charge in [-0.2, -0.15) is 4.39 Å². The van der Waals surface area contributed by atoms with E-state index in [0.717, 1.165) is 0 Å². The van der Waals surface area contributed by atoms with Crippen LogP contribution in [0.3, 0.4) is 0 Å². The molecule has 1 aromatic rings. The van der Waals surface area contributed by atoms with Crippen molar-refractivity contribution in [2.45, 2.75) is 30.6 Å². The predicted octanol–water partition coefficient (Wildman–Crippen LogP) is -0.913. The number of ether oxygens (including phenoxy) is 2. The zero-order valence-corrected chi connectivity index (χ0v) is 10.8. The molecule has 5 atom stereocenters. The molecule has 0 saturated carbocycles. The van der Waals surface area contributed by atoms with Crippen molar-refractivity contribution in [2.24, 2.45) is 0 Å². The van der Waals surface area contributed by atoms with Gasteiger partial charge in [0.25, 0.3) is 0 Å². The zero-order valence-electron chi connectivity index (χ0n) is 10.8. The maximum absolute atomic E-state index is 13.0. The average molecular weight is 288 g/mol. The number of pyridine rings is 1. The molecule has 0 aromatic carbocycles. The topological polar surface area (TPSA) is 104 Å². The first kappa shape index (κ1) is 15.1. The number of anilines is 1. The number of aromatic nitrogens is 1. The maximum Gasteiger partial charge on any atom is 0.214 e. The minimum Gasteiger partial charge on any atom is -0.394 e. The summed E-state index contributed by atoms with van der Waals surface area (Å²) < 4.78 is 23.4. The Hall–Kier alpha value is -1.32. The quantitative estimate of drug-likeness (QED) is 0.532. The molecule has 0 radical (unpaired) electrons. The second kappa shape index (κ2) is 6.42. The number of nitrogens with one attached hydrogen (secondary N) is 1. The van der Waals surface area contributed by atoms with Crippen LogP contribution in [0.1, 0.15) is 0 Å². The normalized spacial score (nSPS) is 34.0. The molecule has 7 nitrogen and oxygen atoms in total. The summed E-state index contributed by atoms with van der Waals surface area (Å²) in [5.41, 5.74) is 0. The van der Waals surface area contributed by atoms with Gasteiger partial charge in [-0.25, -0.2) is 4.98 Å². The molecule has 112 valence electrons. The predicted molar refractivity (Wildman–Crippen MR) is 66.4 cm³/mol. The molecule has 1 aliphatic heterocycles. The molecule has 4 N–H and O–H groups in total. The molecule has 8 heteroatoms. The van der Waals surface area contributed by atoms with Gasteiger partial charge in [0.2, 0.25) is 5.95 Å². The third kappa shape index (κ3) is 3.05. The molecule has 1 aliphatic rings. The van der Waals surface area contributed by atoms with Crippen LogP contribution in [0.5, 0.6) is 0 Å². The Labute approximate surface area is 115 Å². The van der Waals surface area contributed by atoms with Crippen LogP contribution in [-0.4, -0.2) is 64.7 Å². The number of hydrogen-bond acceptors (Lipinski definition) is 7. The lowest BCUT2D eigenvalue weighted by atomic mass is 9.97. The molecule has 1 saturated heterocycles. The standard InChI is InChI=1S/C12H17FN2O5/c1-19-12-9(11(18)10(17)6(5-16)20-12)15-8-4-2-3-7(13)14-8/h2-4,6,9-12,16-18H,5H2,1H3,(H,14,15)/t6-,9+,10+,11-,12?/m1/s1. The van der Waals surface area contributed by atoms with E-state index in [2.05, 4.69) is 10.3 Å². The van der Waals surface area contributed by atoms with E-state index in [9.17, 15) is 14.6 Å². The number of aliphatic hydroxyl groups excluding tert-OH is 3. The molecular formula is C12H17FN2O5. The van der Waals surface area contributed by atoms with Crippen molar-refractivity contribution < 1.29 is 29.2 Å². The van der Waals surface area contributed by atoms with Crippen LogP contribution in [-0.2, 0) is 9.47 Å². The van der Waals surface area contributed by atoms with Gasteiger partial charge in [-0.05, 0) is 12.1 Å². The number of nitrogens with zero attached hydrogens (tertiary/aromatic N) is 1. The van der Waals surface area contributed by atoms with E-state index < -0.39 is 43.2 Å². The zero-order chi connectivity index (χ0) is 14.7. The maximum atomic E-state index is 13.0. The van der Waals surface area contributed by atoms with Crippen molar-refractivity contribution in [2.75, 3.05) is 19.0 Å². The summed E-state index contributed by atoms with van der Waals surface area (Å²) in [4.78, 5) is 3.60. The molecule has 1 unspecified atom stereocenters. The Kier molecular flexibility index (Phi) is 4.84. The lowest BCUT2D eigenvalue weighted by molar-refractivity contribution is -0.254. The summed E-state index contributed by atoms with van der Waals surface area (Å²) in [7, 11) is 1.36. The van der Waals surface area contributed by atoms with Crippen molar-refractivity contribution in [3.05, 3.63) is 24.1 Å². The van der Waals surface area contributed by atoms with Gasteiger partial charge in [0.05, 0.1) is 6.61 Å².